The van der Waals surface area contributed by atoms with E-state index in [0.29, 0.717) is 28.2 Å². The van der Waals surface area contributed by atoms with E-state index in [9.17, 15) is 25.3 Å². The number of anilines is 2. The highest BCUT2D eigenvalue weighted by Gasteiger charge is 2.07. The molecule has 0 aliphatic rings. The van der Waals surface area contributed by atoms with Crippen LogP contribution < -0.4 is 5.32 Å². The molecule has 0 amide bonds. The van der Waals surface area contributed by atoms with Crippen LogP contribution in [0.1, 0.15) is 22.5 Å². The van der Waals surface area contributed by atoms with E-state index in [2.05, 4.69) is 15.3 Å². The van der Waals surface area contributed by atoms with Gasteiger partial charge in [0, 0.05) is 30.0 Å². The number of nitro benzene ring substituents is 2. The van der Waals surface area contributed by atoms with Crippen LogP contribution in [0.2, 0.25) is 0 Å². The number of nitro groups is 2. The lowest BCUT2D eigenvalue weighted by atomic mass is 10.1. The second-order valence-electron chi connectivity index (χ2n) is 7.58. The number of hydrogen-bond acceptors (Lipinski definition) is 8. The van der Waals surface area contributed by atoms with Gasteiger partial charge in [-0.15, -0.1) is 0 Å². The molecule has 0 saturated carbocycles. The second kappa shape index (κ2) is 10.7. The first kappa shape index (κ1) is 23.8. The number of nitrogens with zero attached hydrogens (tertiary/aromatic N) is 4. The van der Waals surface area contributed by atoms with E-state index >= 15 is 0 Å². The molecule has 1 heterocycles. The Hall–Kier alpha value is -5.38. The molecule has 0 aliphatic carbocycles. The molecule has 10 heteroatoms. The summed E-state index contributed by atoms with van der Waals surface area (Å²) in [6.45, 7) is 0. The van der Waals surface area contributed by atoms with Crippen molar-refractivity contribution in [2.75, 3.05) is 5.32 Å². The number of rotatable bonds is 8. The standard InChI is InChI=1S/C26H19N5O5/c32-25-13-11-20(12-14-25)27-26-28-21(9-7-18-3-1-5-23(15-18)30(33)34)17-22(29-26)10-8-19-4-2-6-24(16-19)31(35)36/h1-17,32H,(H,27,28,29). The Morgan fingerprint density at radius 2 is 1.19 bits per heavy atom. The van der Waals surface area contributed by atoms with Gasteiger partial charge >= 0.3 is 0 Å². The molecule has 1 aromatic heterocycles. The molecular formula is C26H19N5O5. The lowest BCUT2D eigenvalue weighted by Crippen LogP contribution is -2.00. The van der Waals surface area contributed by atoms with Gasteiger partial charge in [0.25, 0.3) is 11.4 Å². The smallest absolute Gasteiger partial charge is 0.270 e. The summed E-state index contributed by atoms with van der Waals surface area (Å²) < 4.78 is 0. The van der Waals surface area contributed by atoms with E-state index in [-0.39, 0.29) is 23.1 Å². The van der Waals surface area contributed by atoms with Gasteiger partial charge in [-0.1, -0.05) is 36.4 Å². The highest BCUT2D eigenvalue weighted by Crippen LogP contribution is 2.21. The third kappa shape index (κ3) is 6.35. The minimum absolute atomic E-state index is 0.0184. The van der Waals surface area contributed by atoms with Gasteiger partial charge in [-0.3, -0.25) is 20.2 Å². The largest absolute Gasteiger partial charge is 0.508 e. The molecule has 0 bridgehead atoms. The lowest BCUT2D eigenvalue weighted by Gasteiger charge is -2.07. The Morgan fingerprint density at radius 1 is 0.694 bits per heavy atom. The molecule has 4 rings (SSSR count). The number of nitrogens with one attached hydrogen (secondary N) is 1. The Kier molecular flexibility index (Phi) is 7.06. The first-order valence-corrected chi connectivity index (χ1v) is 10.7. The van der Waals surface area contributed by atoms with Gasteiger partial charge in [0.05, 0.1) is 21.2 Å². The first-order valence-electron chi connectivity index (χ1n) is 10.7. The van der Waals surface area contributed by atoms with Crippen molar-refractivity contribution in [1.82, 2.24) is 9.97 Å². The molecule has 10 nitrogen and oxygen atoms in total. The Labute approximate surface area is 205 Å². The summed E-state index contributed by atoms with van der Waals surface area (Å²) in [5.41, 5.74) is 2.92. The average Bonchev–Trinajstić information content (AvgIpc) is 2.88. The number of non-ortho nitro benzene ring substituents is 2. The van der Waals surface area contributed by atoms with Crippen LogP contribution in [0.25, 0.3) is 24.3 Å². The summed E-state index contributed by atoms with van der Waals surface area (Å²) in [4.78, 5) is 30.2. The van der Waals surface area contributed by atoms with Crippen molar-refractivity contribution in [2.45, 2.75) is 0 Å². The molecule has 4 aromatic rings. The highest BCUT2D eigenvalue weighted by molar-refractivity contribution is 5.74. The van der Waals surface area contributed by atoms with Crippen molar-refractivity contribution < 1.29 is 15.0 Å². The quantitative estimate of drug-likeness (QED) is 0.175. The maximum Gasteiger partial charge on any atom is 0.270 e. The minimum Gasteiger partial charge on any atom is -0.508 e. The van der Waals surface area contributed by atoms with Gasteiger partial charge in [-0.2, -0.15) is 0 Å². The molecule has 0 fully saturated rings. The maximum atomic E-state index is 11.1. The molecule has 36 heavy (non-hydrogen) atoms. The summed E-state index contributed by atoms with van der Waals surface area (Å²) in [5, 5.41) is 34.7. The summed E-state index contributed by atoms with van der Waals surface area (Å²) in [5.74, 6) is 0.399. The van der Waals surface area contributed by atoms with Crippen LogP contribution in [0.15, 0.2) is 78.9 Å². The normalized spacial score (nSPS) is 11.1. The predicted octanol–water partition coefficient (Wildman–Crippen LogP) is 6.08. The van der Waals surface area contributed by atoms with E-state index in [1.165, 1.54) is 36.4 Å². The van der Waals surface area contributed by atoms with Crippen LogP contribution in [0.5, 0.6) is 5.75 Å². The van der Waals surface area contributed by atoms with Crippen LogP contribution in [0.3, 0.4) is 0 Å². The summed E-state index contributed by atoms with van der Waals surface area (Å²) in [6.07, 6.45) is 6.81. The van der Waals surface area contributed by atoms with Crippen molar-refractivity contribution in [3.05, 3.63) is 122 Å². The SMILES string of the molecule is O=[N+]([O-])c1cccc(C=Cc2cc(C=Cc3cccc([N+](=O)[O-])c3)nc(Nc3ccc(O)cc3)n2)c1. The van der Waals surface area contributed by atoms with Crippen molar-refractivity contribution in [1.29, 1.82) is 0 Å². The fourth-order valence-corrected chi connectivity index (χ4v) is 3.23. The first-order chi connectivity index (χ1) is 17.4. The zero-order chi connectivity index (χ0) is 25.5. The molecule has 0 spiro atoms. The van der Waals surface area contributed by atoms with Crippen LogP contribution in [-0.2, 0) is 0 Å². The van der Waals surface area contributed by atoms with Gasteiger partial charge in [0.2, 0.25) is 5.95 Å². The number of aromatic hydroxyl groups is 1. The number of hydrogen-bond donors (Lipinski definition) is 2. The van der Waals surface area contributed by atoms with E-state index in [4.69, 9.17) is 0 Å². The van der Waals surface area contributed by atoms with E-state index in [0.717, 1.165) is 0 Å². The lowest BCUT2D eigenvalue weighted by molar-refractivity contribution is -0.385. The number of phenols is 1. The molecule has 178 valence electrons. The van der Waals surface area contributed by atoms with Crippen molar-refractivity contribution >= 4 is 47.3 Å². The molecule has 0 atom stereocenters. The number of aromatic nitrogens is 2. The minimum atomic E-state index is -0.460. The van der Waals surface area contributed by atoms with Gasteiger partial charge < -0.3 is 10.4 Å². The molecule has 2 N–H and O–H groups in total. The monoisotopic (exact) mass is 481 g/mol. The zero-order valence-electron chi connectivity index (χ0n) is 18.7. The number of phenolic OH excluding ortho intramolecular Hbond substituents is 1. The predicted molar refractivity (Wildman–Crippen MR) is 137 cm³/mol. The third-order valence-corrected chi connectivity index (χ3v) is 4.94. The molecule has 0 aliphatic heterocycles. The van der Waals surface area contributed by atoms with Gasteiger partial charge in [0.1, 0.15) is 5.75 Å². The van der Waals surface area contributed by atoms with Gasteiger partial charge in [-0.05, 0) is 53.6 Å². The molecule has 3 aromatic carbocycles. The average molecular weight is 481 g/mol. The highest BCUT2D eigenvalue weighted by atomic mass is 16.6. The zero-order valence-corrected chi connectivity index (χ0v) is 18.7. The van der Waals surface area contributed by atoms with Crippen LogP contribution in [0, 0.1) is 20.2 Å². The van der Waals surface area contributed by atoms with Gasteiger partial charge in [-0.25, -0.2) is 9.97 Å². The topological polar surface area (TPSA) is 144 Å². The fraction of sp³-hybridized carbons (Fsp3) is 0. The van der Waals surface area contributed by atoms with Gasteiger partial charge in [0.15, 0.2) is 0 Å². The molecule has 0 radical (unpaired) electrons. The van der Waals surface area contributed by atoms with Crippen molar-refractivity contribution in [3.8, 4) is 5.75 Å². The summed E-state index contributed by atoms with van der Waals surface area (Å²) in [7, 11) is 0. The fourth-order valence-electron chi connectivity index (χ4n) is 3.23. The van der Waals surface area contributed by atoms with Crippen molar-refractivity contribution in [2.24, 2.45) is 0 Å². The Balaban J connectivity index is 1.67. The summed E-state index contributed by atoms with van der Waals surface area (Å²) >= 11 is 0. The Bertz CT molecular complexity index is 1400. The molecular weight excluding hydrogens is 462 g/mol. The maximum absolute atomic E-state index is 11.1. The molecule has 0 saturated heterocycles. The van der Waals surface area contributed by atoms with Crippen LogP contribution >= 0.6 is 0 Å². The third-order valence-electron chi connectivity index (χ3n) is 4.94. The van der Waals surface area contributed by atoms with Crippen molar-refractivity contribution in [3.63, 3.8) is 0 Å². The van der Waals surface area contributed by atoms with E-state index in [1.807, 2.05) is 0 Å². The Morgan fingerprint density at radius 3 is 1.67 bits per heavy atom. The molecule has 0 unspecified atom stereocenters. The second-order valence-corrected chi connectivity index (χ2v) is 7.58. The van der Waals surface area contributed by atoms with E-state index < -0.39 is 9.85 Å². The van der Waals surface area contributed by atoms with E-state index in [1.54, 1.807) is 66.8 Å². The summed E-state index contributed by atoms with van der Waals surface area (Å²) in [6, 6.07) is 20.5. The van der Waals surface area contributed by atoms with Crippen LogP contribution in [0.4, 0.5) is 23.0 Å². The number of benzene rings is 3. The van der Waals surface area contributed by atoms with Crippen LogP contribution in [-0.4, -0.2) is 24.9 Å².